The Labute approximate surface area is 129 Å². The van der Waals surface area contributed by atoms with Crippen LogP contribution in [-0.4, -0.2) is 45.4 Å². The molecule has 3 N–H and O–H groups in total. The highest BCUT2D eigenvalue weighted by atomic mass is 32.2. The van der Waals surface area contributed by atoms with Crippen LogP contribution in [0.5, 0.6) is 0 Å². The molecule has 22 heavy (non-hydrogen) atoms. The second-order valence-electron chi connectivity index (χ2n) is 5.33. The Morgan fingerprint density at radius 2 is 2.05 bits per heavy atom. The third kappa shape index (κ3) is 4.25. The zero-order chi connectivity index (χ0) is 16.2. The van der Waals surface area contributed by atoms with Crippen LogP contribution in [0.2, 0.25) is 0 Å². The number of carbonyl (C=O) groups excluding carboxylic acids is 1. The fraction of sp³-hybridized carbons (Fsp3) is 0.500. The van der Waals surface area contributed by atoms with Gasteiger partial charge in [-0.25, -0.2) is 17.5 Å². The Bertz CT molecular complexity index is 619. The summed E-state index contributed by atoms with van der Waals surface area (Å²) in [6, 6.07) is 4.53. The summed E-state index contributed by atoms with van der Waals surface area (Å²) >= 11 is 0. The first kappa shape index (κ1) is 16.9. The van der Waals surface area contributed by atoms with Crippen molar-refractivity contribution in [3.8, 4) is 0 Å². The lowest BCUT2D eigenvalue weighted by Gasteiger charge is -2.16. The number of halogens is 1. The van der Waals surface area contributed by atoms with Crippen molar-refractivity contribution >= 4 is 15.9 Å². The monoisotopic (exact) mass is 329 g/mol. The van der Waals surface area contributed by atoms with E-state index < -0.39 is 15.8 Å². The molecule has 0 aliphatic carbocycles. The normalized spacial score (nSPS) is 18.6. The van der Waals surface area contributed by atoms with Gasteiger partial charge in [-0.3, -0.25) is 4.79 Å². The number of likely N-dealkylation sites (tertiary alicyclic amines) is 1. The standard InChI is InChI=1S/C14H20FN3O3S/c15-12-1-3-13(4-2-12)22(20,21)17-7-5-14(19)18-8-6-11(9-16)10-18/h1-4,11,17H,5-10,16H2. The van der Waals surface area contributed by atoms with Crippen molar-refractivity contribution < 1.29 is 17.6 Å². The summed E-state index contributed by atoms with van der Waals surface area (Å²) in [6.07, 6.45) is 0.987. The largest absolute Gasteiger partial charge is 0.342 e. The number of hydrogen-bond acceptors (Lipinski definition) is 4. The highest BCUT2D eigenvalue weighted by molar-refractivity contribution is 7.89. The minimum absolute atomic E-state index is 0.0162. The first-order valence-corrected chi connectivity index (χ1v) is 8.64. The zero-order valence-corrected chi connectivity index (χ0v) is 13.0. The van der Waals surface area contributed by atoms with Crippen LogP contribution in [-0.2, 0) is 14.8 Å². The summed E-state index contributed by atoms with van der Waals surface area (Å²) in [5, 5.41) is 0. The maximum atomic E-state index is 12.8. The first-order chi connectivity index (χ1) is 10.4. The molecule has 1 aromatic carbocycles. The lowest BCUT2D eigenvalue weighted by molar-refractivity contribution is -0.130. The molecule has 1 fully saturated rings. The molecule has 122 valence electrons. The third-order valence-corrected chi connectivity index (χ3v) is 5.20. The van der Waals surface area contributed by atoms with Crippen LogP contribution in [0.15, 0.2) is 29.2 Å². The summed E-state index contributed by atoms with van der Waals surface area (Å²) in [4.78, 5) is 13.7. The van der Waals surface area contributed by atoms with Crippen molar-refractivity contribution in [2.75, 3.05) is 26.2 Å². The highest BCUT2D eigenvalue weighted by Crippen LogP contribution is 2.15. The van der Waals surface area contributed by atoms with Crippen LogP contribution in [0.25, 0.3) is 0 Å². The average Bonchev–Trinajstić information content (AvgIpc) is 2.96. The van der Waals surface area contributed by atoms with Crippen LogP contribution in [0.3, 0.4) is 0 Å². The van der Waals surface area contributed by atoms with E-state index in [1.807, 2.05) is 0 Å². The third-order valence-electron chi connectivity index (χ3n) is 3.73. The van der Waals surface area contributed by atoms with E-state index in [2.05, 4.69) is 4.72 Å². The quantitative estimate of drug-likeness (QED) is 0.785. The molecule has 1 atom stereocenters. The second kappa shape index (κ2) is 7.17. The molecule has 1 aliphatic heterocycles. The van der Waals surface area contributed by atoms with E-state index in [1.54, 1.807) is 4.90 Å². The molecule has 2 rings (SSSR count). The molecule has 6 nitrogen and oxygen atoms in total. The molecule has 1 aliphatic rings. The lowest BCUT2D eigenvalue weighted by atomic mass is 10.1. The Hall–Kier alpha value is -1.51. The smallest absolute Gasteiger partial charge is 0.240 e. The molecule has 0 radical (unpaired) electrons. The number of nitrogens with two attached hydrogens (primary N) is 1. The minimum Gasteiger partial charge on any atom is -0.342 e. The van der Waals surface area contributed by atoms with Crippen LogP contribution < -0.4 is 10.5 Å². The van der Waals surface area contributed by atoms with Gasteiger partial charge in [-0.1, -0.05) is 0 Å². The second-order valence-corrected chi connectivity index (χ2v) is 7.10. The van der Waals surface area contributed by atoms with Gasteiger partial charge in [0.15, 0.2) is 0 Å². The van der Waals surface area contributed by atoms with E-state index in [0.717, 1.165) is 18.6 Å². The molecule has 0 aromatic heterocycles. The average molecular weight is 329 g/mol. The van der Waals surface area contributed by atoms with Gasteiger partial charge in [0.05, 0.1) is 4.90 Å². The van der Waals surface area contributed by atoms with Crippen molar-refractivity contribution in [1.82, 2.24) is 9.62 Å². The maximum Gasteiger partial charge on any atom is 0.240 e. The van der Waals surface area contributed by atoms with E-state index in [-0.39, 0.29) is 23.8 Å². The SMILES string of the molecule is NCC1CCN(C(=O)CCNS(=O)(=O)c2ccc(F)cc2)C1. The highest BCUT2D eigenvalue weighted by Gasteiger charge is 2.25. The van der Waals surface area contributed by atoms with E-state index in [0.29, 0.717) is 25.6 Å². The summed E-state index contributed by atoms with van der Waals surface area (Å²) in [6.45, 7) is 1.88. The first-order valence-electron chi connectivity index (χ1n) is 7.15. The molecule has 1 heterocycles. The van der Waals surface area contributed by atoms with Crippen LogP contribution in [0.1, 0.15) is 12.8 Å². The molecule has 0 spiro atoms. The number of nitrogens with zero attached hydrogens (tertiary/aromatic N) is 1. The Kier molecular flexibility index (Phi) is 5.49. The molecule has 1 unspecified atom stereocenters. The molecule has 1 amide bonds. The van der Waals surface area contributed by atoms with Gasteiger partial charge < -0.3 is 10.6 Å². The predicted octanol–water partition coefficient (Wildman–Crippen LogP) is 0.301. The number of nitrogens with one attached hydrogen (secondary N) is 1. The van der Waals surface area contributed by atoms with Gasteiger partial charge in [0.2, 0.25) is 15.9 Å². The van der Waals surface area contributed by atoms with Crippen LogP contribution in [0, 0.1) is 11.7 Å². The van der Waals surface area contributed by atoms with Crippen LogP contribution in [0.4, 0.5) is 4.39 Å². The Balaban J connectivity index is 1.83. The molecular formula is C14H20FN3O3S. The minimum atomic E-state index is -3.72. The van der Waals surface area contributed by atoms with E-state index in [1.165, 1.54) is 12.1 Å². The molecule has 8 heteroatoms. The number of benzene rings is 1. The van der Waals surface area contributed by atoms with Crippen molar-refractivity contribution in [3.05, 3.63) is 30.1 Å². The van der Waals surface area contributed by atoms with Crippen molar-refractivity contribution in [1.29, 1.82) is 0 Å². The van der Waals surface area contributed by atoms with Gasteiger partial charge in [0.1, 0.15) is 5.82 Å². The van der Waals surface area contributed by atoms with Gasteiger partial charge in [-0.2, -0.15) is 0 Å². The lowest BCUT2D eigenvalue weighted by Crippen LogP contribution is -2.33. The predicted molar refractivity (Wildman–Crippen MR) is 79.9 cm³/mol. The maximum absolute atomic E-state index is 12.8. The number of hydrogen-bond donors (Lipinski definition) is 2. The van der Waals surface area contributed by atoms with Gasteiger partial charge in [-0.05, 0) is 43.1 Å². The molecule has 0 saturated carbocycles. The van der Waals surface area contributed by atoms with E-state index >= 15 is 0 Å². The van der Waals surface area contributed by atoms with Gasteiger partial charge in [0, 0.05) is 26.1 Å². The zero-order valence-electron chi connectivity index (χ0n) is 12.2. The Morgan fingerprint density at radius 1 is 1.36 bits per heavy atom. The molecule has 1 aromatic rings. The number of rotatable bonds is 6. The fourth-order valence-electron chi connectivity index (χ4n) is 2.40. The number of amides is 1. The summed E-state index contributed by atoms with van der Waals surface area (Å²) in [7, 11) is -3.72. The molecule has 1 saturated heterocycles. The van der Waals surface area contributed by atoms with E-state index in [9.17, 15) is 17.6 Å². The van der Waals surface area contributed by atoms with Crippen molar-refractivity contribution in [3.63, 3.8) is 0 Å². The van der Waals surface area contributed by atoms with Crippen molar-refractivity contribution in [2.24, 2.45) is 11.7 Å². The number of carbonyl (C=O) groups is 1. The summed E-state index contributed by atoms with van der Waals surface area (Å²) < 4.78 is 39.1. The molecular weight excluding hydrogens is 309 g/mol. The van der Waals surface area contributed by atoms with Gasteiger partial charge in [0.25, 0.3) is 0 Å². The Morgan fingerprint density at radius 3 is 2.64 bits per heavy atom. The van der Waals surface area contributed by atoms with Crippen LogP contribution >= 0.6 is 0 Å². The van der Waals surface area contributed by atoms with Crippen molar-refractivity contribution in [2.45, 2.75) is 17.7 Å². The van der Waals surface area contributed by atoms with Gasteiger partial charge >= 0.3 is 0 Å². The summed E-state index contributed by atoms with van der Waals surface area (Å²) in [5.41, 5.74) is 5.57. The fourth-order valence-corrected chi connectivity index (χ4v) is 3.43. The van der Waals surface area contributed by atoms with E-state index in [4.69, 9.17) is 5.73 Å². The number of sulfonamides is 1. The summed E-state index contributed by atoms with van der Waals surface area (Å²) in [5.74, 6) is -0.254. The van der Waals surface area contributed by atoms with Gasteiger partial charge in [-0.15, -0.1) is 0 Å². The topological polar surface area (TPSA) is 92.5 Å². The molecule has 0 bridgehead atoms.